The molecule has 4 nitrogen and oxygen atoms in total. The number of nitrogens with one attached hydrogen (secondary N) is 1. The van der Waals surface area contributed by atoms with Crippen LogP contribution in [0.5, 0.6) is 0 Å². The molecule has 1 unspecified atom stereocenters. The van der Waals surface area contributed by atoms with Crippen molar-refractivity contribution in [1.29, 1.82) is 0 Å². The highest BCUT2D eigenvalue weighted by Gasteiger charge is 2.40. The van der Waals surface area contributed by atoms with Crippen LogP contribution in [-0.2, 0) is 18.3 Å². The van der Waals surface area contributed by atoms with E-state index in [2.05, 4.69) is 27.9 Å². The second kappa shape index (κ2) is 5.60. The summed E-state index contributed by atoms with van der Waals surface area (Å²) in [4.78, 5) is 17.5. The van der Waals surface area contributed by atoms with Crippen molar-refractivity contribution < 1.29 is 4.79 Å². The summed E-state index contributed by atoms with van der Waals surface area (Å²) >= 11 is 0. The van der Waals surface area contributed by atoms with E-state index >= 15 is 0 Å². The Balaban J connectivity index is 1.87. The van der Waals surface area contributed by atoms with Gasteiger partial charge in [0, 0.05) is 19.0 Å². The van der Waals surface area contributed by atoms with Crippen LogP contribution in [0.3, 0.4) is 0 Å². The van der Waals surface area contributed by atoms with E-state index in [0.717, 1.165) is 49.2 Å². The Labute approximate surface area is 125 Å². The second-order valence-corrected chi connectivity index (χ2v) is 6.13. The third kappa shape index (κ3) is 2.48. The lowest BCUT2D eigenvalue weighted by Gasteiger charge is -2.26. The molecule has 2 heterocycles. The highest BCUT2D eigenvalue weighted by Crippen LogP contribution is 2.33. The number of benzene rings is 1. The number of hydrogen-bond donors (Lipinski definition) is 1. The summed E-state index contributed by atoms with van der Waals surface area (Å²) in [6.45, 7) is 3.93. The van der Waals surface area contributed by atoms with Gasteiger partial charge in [0.25, 0.3) is 0 Å². The Morgan fingerprint density at radius 2 is 2.24 bits per heavy atom. The number of ketones is 1. The van der Waals surface area contributed by atoms with Crippen molar-refractivity contribution in [3.05, 3.63) is 30.1 Å². The molecule has 0 bridgehead atoms. The molecule has 1 aromatic carbocycles. The SMILES string of the molecule is CCCC1(C(=O)Cc2nc3ccccc3n2C)CCNC1. The maximum absolute atomic E-state index is 12.9. The summed E-state index contributed by atoms with van der Waals surface area (Å²) in [5, 5.41) is 3.36. The monoisotopic (exact) mass is 285 g/mol. The topological polar surface area (TPSA) is 46.9 Å². The maximum atomic E-state index is 12.9. The van der Waals surface area contributed by atoms with Gasteiger partial charge in [-0.1, -0.05) is 25.5 Å². The highest BCUT2D eigenvalue weighted by molar-refractivity contribution is 5.88. The van der Waals surface area contributed by atoms with Gasteiger partial charge in [-0.3, -0.25) is 4.79 Å². The molecule has 1 aliphatic heterocycles. The van der Waals surface area contributed by atoms with Gasteiger partial charge >= 0.3 is 0 Å². The quantitative estimate of drug-likeness (QED) is 0.918. The Kier molecular flexibility index (Phi) is 3.81. The molecule has 4 heteroatoms. The predicted molar refractivity (Wildman–Crippen MR) is 84.3 cm³/mol. The average molecular weight is 285 g/mol. The van der Waals surface area contributed by atoms with Gasteiger partial charge in [0.15, 0.2) is 0 Å². The van der Waals surface area contributed by atoms with Crippen LogP contribution in [0.1, 0.15) is 32.0 Å². The van der Waals surface area contributed by atoms with Gasteiger partial charge in [0.2, 0.25) is 0 Å². The van der Waals surface area contributed by atoms with Crippen molar-refractivity contribution in [2.45, 2.75) is 32.6 Å². The largest absolute Gasteiger partial charge is 0.331 e. The summed E-state index contributed by atoms with van der Waals surface area (Å²) in [6, 6.07) is 8.05. The fraction of sp³-hybridized carbons (Fsp3) is 0.529. The molecular weight excluding hydrogens is 262 g/mol. The first-order valence-electron chi connectivity index (χ1n) is 7.81. The molecular formula is C17H23N3O. The third-order valence-electron chi connectivity index (χ3n) is 4.76. The molecule has 112 valence electrons. The molecule has 1 atom stereocenters. The summed E-state index contributed by atoms with van der Waals surface area (Å²) < 4.78 is 2.05. The number of nitrogens with zero attached hydrogens (tertiary/aromatic N) is 2. The molecule has 0 amide bonds. The number of carbonyl (C=O) groups is 1. The van der Waals surface area contributed by atoms with E-state index in [9.17, 15) is 4.79 Å². The average Bonchev–Trinajstić information content (AvgIpc) is 3.07. The Hall–Kier alpha value is -1.68. The Bertz CT molecular complexity index is 653. The van der Waals surface area contributed by atoms with Crippen molar-refractivity contribution in [2.24, 2.45) is 12.5 Å². The third-order valence-corrected chi connectivity index (χ3v) is 4.76. The van der Waals surface area contributed by atoms with Crippen molar-refractivity contribution in [2.75, 3.05) is 13.1 Å². The molecule has 2 aromatic rings. The number of Topliss-reactive ketones (excluding diaryl/α,β-unsaturated/α-hetero) is 1. The van der Waals surface area contributed by atoms with E-state index in [1.54, 1.807) is 0 Å². The van der Waals surface area contributed by atoms with E-state index in [0.29, 0.717) is 12.2 Å². The minimum absolute atomic E-state index is 0.174. The van der Waals surface area contributed by atoms with Gasteiger partial charge in [0.05, 0.1) is 17.5 Å². The first-order valence-corrected chi connectivity index (χ1v) is 7.81. The Morgan fingerprint density at radius 1 is 1.43 bits per heavy atom. The normalized spacial score (nSPS) is 22.0. The summed E-state index contributed by atoms with van der Waals surface area (Å²) in [7, 11) is 2.00. The molecule has 21 heavy (non-hydrogen) atoms. The van der Waals surface area contributed by atoms with Gasteiger partial charge < -0.3 is 9.88 Å². The number of hydrogen-bond acceptors (Lipinski definition) is 3. The van der Waals surface area contributed by atoms with Crippen LogP contribution in [-0.4, -0.2) is 28.4 Å². The maximum Gasteiger partial charge on any atom is 0.147 e. The fourth-order valence-electron chi connectivity index (χ4n) is 3.50. The van der Waals surface area contributed by atoms with Gasteiger partial charge in [-0.25, -0.2) is 4.98 Å². The van der Waals surface area contributed by atoms with Gasteiger partial charge in [-0.05, 0) is 31.5 Å². The van der Waals surface area contributed by atoms with Crippen LogP contribution < -0.4 is 5.32 Å². The lowest BCUT2D eigenvalue weighted by Crippen LogP contribution is -2.35. The molecule has 3 rings (SSSR count). The minimum atomic E-state index is -0.174. The van der Waals surface area contributed by atoms with Gasteiger partial charge in [-0.2, -0.15) is 0 Å². The molecule has 1 saturated heterocycles. The number of rotatable bonds is 5. The number of aryl methyl sites for hydroxylation is 1. The van der Waals surface area contributed by atoms with Crippen molar-refractivity contribution in [3.8, 4) is 0 Å². The fourth-order valence-corrected chi connectivity index (χ4v) is 3.50. The molecule has 1 fully saturated rings. The first-order chi connectivity index (χ1) is 10.2. The van der Waals surface area contributed by atoms with Crippen LogP contribution in [0, 0.1) is 5.41 Å². The lowest BCUT2D eigenvalue weighted by atomic mass is 9.77. The zero-order valence-electron chi connectivity index (χ0n) is 12.9. The molecule has 1 N–H and O–H groups in total. The second-order valence-electron chi connectivity index (χ2n) is 6.13. The van der Waals surface area contributed by atoms with Gasteiger partial charge in [-0.15, -0.1) is 0 Å². The first kappa shape index (κ1) is 14.3. The van der Waals surface area contributed by atoms with E-state index in [1.807, 2.05) is 25.2 Å². The predicted octanol–water partition coefficient (Wildman–Crippen LogP) is 2.46. The van der Waals surface area contributed by atoms with Crippen molar-refractivity contribution in [1.82, 2.24) is 14.9 Å². The zero-order valence-corrected chi connectivity index (χ0v) is 12.9. The van der Waals surface area contributed by atoms with Gasteiger partial charge in [0.1, 0.15) is 11.6 Å². The number of carbonyl (C=O) groups excluding carboxylic acids is 1. The molecule has 0 saturated carbocycles. The number of aromatic nitrogens is 2. The van der Waals surface area contributed by atoms with E-state index in [4.69, 9.17) is 0 Å². The van der Waals surface area contributed by atoms with Crippen molar-refractivity contribution >= 4 is 16.8 Å². The van der Waals surface area contributed by atoms with Crippen LogP contribution in [0.2, 0.25) is 0 Å². The minimum Gasteiger partial charge on any atom is -0.331 e. The van der Waals surface area contributed by atoms with Crippen LogP contribution in [0.25, 0.3) is 11.0 Å². The molecule has 0 spiro atoms. The smallest absolute Gasteiger partial charge is 0.147 e. The lowest BCUT2D eigenvalue weighted by molar-refractivity contribution is -0.127. The molecule has 0 radical (unpaired) electrons. The van der Waals surface area contributed by atoms with E-state index in [-0.39, 0.29) is 5.41 Å². The van der Waals surface area contributed by atoms with Crippen LogP contribution in [0.15, 0.2) is 24.3 Å². The Morgan fingerprint density at radius 3 is 2.90 bits per heavy atom. The van der Waals surface area contributed by atoms with Crippen LogP contribution in [0.4, 0.5) is 0 Å². The van der Waals surface area contributed by atoms with E-state index in [1.165, 1.54) is 0 Å². The van der Waals surface area contributed by atoms with E-state index < -0.39 is 0 Å². The zero-order chi connectivity index (χ0) is 14.9. The number of para-hydroxylation sites is 2. The van der Waals surface area contributed by atoms with Crippen LogP contribution >= 0.6 is 0 Å². The summed E-state index contributed by atoms with van der Waals surface area (Å²) in [5.41, 5.74) is 1.89. The molecule has 1 aromatic heterocycles. The number of imidazole rings is 1. The molecule has 0 aliphatic carbocycles. The standard InChI is InChI=1S/C17H23N3O/c1-3-8-17(9-10-18-12-17)15(21)11-16-19-13-6-4-5-7-14(13)20(16)2/h4-7,18H,3,8-12H2,1-2H3. The molecule has 1 aliphatic rings. The van der Waals surface area contributed by atoms with Crippen molar-refractivity contribution in [3.63, 3.8) is 0 Å². The summed E-state index contributed by atoms with van der Waals surface area (Å²) in [6.07, 6.45) is 3.43. The highest BCUT2D eigenvalue weighted by atomic mass is 16.1. The summed E-state index contributed by atoms with van der Waals surface area (Å²) in [5.74, 6) is 1.22. The number of fused-ring (bicyclic) bond motifs is 1.